The van der Waals surface area contributed by atoms with Crippen LogP contribution in [0.1, 0.15) is 11.3 Å². The molecule has 8 heteroatoms. The summed E-state index contributed by atoms with van der Waals surface area (Å²) in [6, 6.07) is 21.0. The highest BCUT2D eigenvalue weighted by atomic mass is 32.2. The lowest BCUT2D eigenvalue weighted by molar-refractivity contribution is -0.140. The van der Waals surface area contributed by atoms with Crippen LogP contribution in [0.25, 0.3) is 28.1 Å². The summed E-state index contributed by atoms with van der Waals surface area (Å²) in [5.41, 5.74) is 1.36. The normalized spacial score (nSPS) is 12.2. The van der Waals surface area contributed by atoms with E-state index in [0.29, 0.717) is 16.8 Å². The molecule has 0 aliphatic heterocycles. The number of nitrogens with zero attached hydrogens (tertiary/aromatic N) is 2. The fourth-order valence-electron chi connectivity index (χ4n) is 3.49. The van der Waals surface area contributed by atoms with Gasteiger partial charge in [0.15, 0.2) is 15.5 Å². The molecule has 0 atom stereocenters. The van der Waals surface area contributed by atoms with E-state index in [1.165, 1.54) is 28.9 Å². The van der Waals surface area contributed by atoms with Crippen LogP contribution >= 0.6 is 0 Å². The van der Waals surface area contributed by atoms with Crippen LogP contribution < -0.4 is 0 Å². The Labute approximate surface area is 183 Å². The third-order valence-corrected chi connectivity index (χ3v) is 6.18. The standard InChI is InChI=1S/C24H19F3N2O2S/c1-16-8-12-19(13-9-16)29-22(18-10-14-20(15-11-18)32(2,30)31)21(17-6-4-3-5-7-17)23(28-29)24(25,26)27/h3-15H,1-2H3. The molecule has 0 amide bonds. The third kappa shape index (κ3) is 4.18. The van der Waals surface area contributed by atoms with Gasteiger partial charge >= 0.3 is 6.18 Å². The van der Waals surface area contributed by atoms with Crippen LogP contribution in [0.5, 0.6) is 0 Å². The topological polar surface area (TPSA) is 52.0 Å². The van der Waals surface area contributed by atoms with Gasteiger partial charge in [-0.1, -0.05) is 60.2 Å². The molecular formula is C24H19F3N2O2S. The Morgan fingerprint density at radius 1 is 0.812 bits per heavy atom. The van der Waals surface area contributed by atoms with Crippen molar-refractivity contribution in [3.8, 4) is 28.1 Å². The van der Waals surface area contributed by atoms with Crippen LogP contribution in [0.15, 0.2) is 83.8 Å². The van der Waals surface area contributed by atoms with E-state index in [0.717, 1.165) is 11.8 Å². The molecule has 4 aromatic rings. The minimum Gasteiger partial charge on any atom is -0.232 e. The van der Waals surface area contributed by atoms with Crippen LogP contribution in [-0.2, 0) is 16.0 Å². The van der Waals surface area contributed by atoms with Gasteiger partial charge in [-0.2, -0.15) is 18.3 Å². The van der Waals surface area contributed by atoms with Gasteiger partial charge in [0.2, 0.25) is 0 Å². The minimum atomic E-state index is -4.69. The van der Waals surface area contributed by atoms with E-state index in [1.807, 2.05) is 6.92 Å². The maximum Gasteiger partial charge on any atom is 0.435 e. The first-order chi connectivity index (χ1) is 15.1. The van der Waals surface area contributed by atoms with Crippen molar-refractivity contribution in [2.24, 2.45) is 0 Å². The van der Waals surface area contributed by atoms with E-state index >= 15 is 0 Å². The van der Waals surface area contributed by atoms with Gasteiger partial charge in [-0.05, 0) is 36.8 Å². The van der Waals surface area contributed by atoms with Crippen molar-refractivity contribution < 1.29 is 21.6 Å². The average Bonchev–Trinajstić information content (AvgIpc) is 3.15. The first kappa shape index (κ1) is 21.8. The lowest BCUT2D eigenvalue weighted by atomic mass is 9.98. The molecule has 0 aliphatic rings. The fraction of sp³-hybridized carbons (Fsp3) is 0.125. The molecule has 1 heterocycles. The quantitative estimate of drug-likeness (QED) is 0.382. The zero-order valence-corrected chi connectivity index (χ0v) is 18.1. The van der Waals surface area contributed by atoms with Gasteiger partial charge in [0, 0.05) is 17.4 Å². The van der Waals surface area contributed by atoms with Crippen molar-refractivity contribution in [3.05, 3.63) is 90.1 Å². The van der Waals surface area contributed by atoms with Crippen molar-refractivity contribution in [3.63, 3.8) is 0 Å². The first-order valence-corrected chi connectivity index (χ1v) is 11.6. The molecule has 0 saturated carbocycles. The van der Waals surface area contributed by atoms with Crippen LogP contribution in [0.3, 0.4) is 0 Å². The van der Waals surface area contributed by atoms with Crippen molar-refractivity contribution in [1.29, 1.82) is 0 Å². The molecule has 32 heavy (non-hydrogen) atoms. The van der Waals surface area contributed by atoms with Gasteiger partial charge < -0.3 is 0 Å². The Bertz CT molecular complexity index is 1360. The highest BCUT2D eigenvalue weighted by Gasteiger charge is 2.40. The summed E-state index contributed by atoms with van der Waals surface area (Å²) in [6.07, 6.45) is -3.61. The Hall–Kier alpha value is -3.39. The van der Waals surface area contributed by atoms with E-state index in [2.05, 4.69) is 5.10 Å². The number of hydrogen-bond donors (Lipinski definition) is 0. The number of sulfone groups is 1. The maximum atomic E-state index is 14.1. The second-order valence-electron chi connectivity index (χ2n) is 7.48. The molecule has 4 nitrogen and oxygen atoms in total. The second-order valence-corrected chi connectivity index (χ2v) is 9.50. The number of aryl methyl sites for hydroxylation is 1. The maximum absolute atomic E-state index is 14.1. The molecule has 0 fully saturated rings. The molecular weight excluding hydrogens is 437 g/mol. The highest BCUT2D eigenvalue weighted by molar-refractivity contribution is 7.90. The number of benzene rings is 3. The SMILES string of the molecule is Cc1ccc(-n2nc(C(F)(F)F)c(-c3ccccc3)c2-c2ccc(S(C)(=O)=O)cc2)cc1. The Balaban J connectivity index is 2.07. The zero-order chi connectivity index (χ0) is 23.1. The lowest BCUT2D eigenvalue weighted by Gasteiger charge is -2.12. The number of halogens is 3. The Morgan fingerprint density at radius 3 is 1.94 bits per heavy atom. The fourth-order valence-corrected chi connectivity index (χ4v) is 4.12. The van der Waals surface area contributed by atoms with Crippen LogP contribution in [0.2, 0.25) is 0 Å². The average molecular weight is 456 g/mol. The molecule has 0 N–H and O–H groups in total. The van der Waals surface area contributed by atoms with E-state index in [1.54, 1.807) is 54.6 Å². The number of hydrogen-bond acceptors (Lipinski definition) is 3. The van der Waals surface area contributed by atoms with Gasteiger partial charge in [0.05, 0.1) is 16.3 Å². The van der Waals surface area contributed by atoms with E-state index < -0.39 is 21.7 Å². The van der Waals surface area contributed by atoms with Gasteiger partial charge in [-0.25, -0.2) is 13.1 Å². The molecule has 0 unspecified atom stereocenters. The summed E-state index contributed by atoms with van der Waals surface area (Å²) in [5.74, 6) is 0. The van der Waals surface area contributed by atoms with Gasteiger partial charge in [0.1, 0.15) is 0 Å². The largest absolute Gasteiger partial charge is 0.435 e. The number of aromatic nitrogens is 2. The number of rotatable bonds is 4. The first-order valence-electron chi connectivity index (χ1n) is 9.69. The van der Waals surface area contributed by atoms with E-state index in [9.17, 15) is 21.6 Å². The summed E-state index contributed by atoms with van der Waals surface area (Å²) in [4.78, 5) is 0.0833. The molecule has 0 aliphatic carbocycles. The molecule has 0 bridgehead atoms. The molecule has 164 valence electrons. The molecule has 0 radical (unpaired) electrons. The molecule has 0 spiro atoms. The van der Waals surface area contributed by atoms with Crippen molar-refractivity contribution in [1.82, 2.24) is 9.78 Å². The Kier molecular flexibility index (Phi) is 5.42. The van der Waals surface area contributed by atoms with Gasteiger partial charge in [-0.15, -0.1) is 0 Å². The third-order valence-electron chi connectivity index (χ3n) is 5.05. The molecule has 1 aromatic heterocycles. The predicted molar refractivity (Wildman–Crippen MR) is 117 cm³/mol. The molecule has 0 saturated heterocycles. The lowest BCUT2D eigenvalue weighted by Crippen LogP contribution is -2.08. The predicted octanol–water partition coefficient (Wildman–Crippen LogP) is 5.94. The summed E-state index contributed by atoms with van der Waals surface area (Å²) in [7, 11) is -3.45. The monoisotopic (exact) mass is 456 g/mol. The van der Waals surface area contributed by atoms with Crippen LogP contribution in [0, 0.1) is 6.92 Å². The minimum absolute atomic E-state index is 0.0641. The van der Waals surface area contributed by atoms with Gasteiger partial charge in [0.25, 0.3) is 0 Å². The molecule has 3 aromatic carbocycles. The van der Waals surface area contributed by atoms with Crippen molar-refractivity contribution >= 4 is 9.84 Å². The summed E-state index contributed by atoms with van der Waals surface area (Å²) < 4.78 is 67.2. The Morgan fingerprint density at radius 2 is 1.41 bits per heavy atom. The van der Waals surface area contributed by atoms with Crippen LogP contribution in [-0.4, -0.2) is 24.5 Å². The van der Waals surface area contributed by atoms with Crippen molar-refractivity contribution in [2.45, 2.75) is 18.0 Å². The van der Waals surface area contributed by atoms with Gasteiger partial charge in [-0.3, -0.25) is 0 Å². The van der Waals surface area contributed by atoms with Crippen molar-refractivity contribution in [2.75, 3.05) is 6.26 Å². The number of alkyl halides is 3. The zero-order valence-electron chi connectivity index (χ0n) is 17.3. The second kappa shape index (κ2) is 7.94. The smallest absolute Gasteiger partial charge is 0.232 e. The van der Waals surface area contributed by atoms with Crippen LogP contribution in [0.4, 0.5) is 13.2 Å². The van der Waals surface area contributed by atoms with E-state index in [-0.39, 0.29) is 16.2 Å². The summed E-state index contributed by atoms with van der Waals surface area (Å²) in [5, 5.41) is 3.98. The molecule has 4 rings (SSSR count). The summed E-state index contributed by atoms with van der Waals surface area (Å²) >= 11 is 0. The highest BCUT2D eigenvalue weighted by Crippen LogP contribution is 2.43. The summed E-state index contributed by atoms with van der Waals surface area (Å²) in [6.45, 7) is 1.88. The van der Waals surface area contributed by atoms with E-state index in [4.69, 9.17) is 0 Å².